The maximum Gasteiger partial charge on any atom is 0.251 e. The number of hydrogen-bond donors (Lipinski definition) is 2. The molecule has 2 aromatic carbocycles. The van der Waals surface area contributed by atoms with Crippen LogP contribution in [0.15, 0.2) is 53.5 Å². The molecule has 1 aliphatic heterocycles. The first kappa shape index (κ1) is 21.7. The molecule has 6 nitrogen and oxygen atoms in total. The van der Waals surface area contributed by atoms with Crippen molar-refractivity contribution in [1.29, 1.82) is 0 Å². The Bertz CT molecular complexity index is 864. The number of methoxy groups -OCH3 is 1. The van der Waals surface area contributed by atoms with Gasteiger partial charge in [0.2, 0.25) is 0 Å². The lowest BCUT2D eigenvalue weighted by Gasteiger charge is -2.22. The number of ether oxygens (including phenoxy) is 1. The van der Waals surface area contributed by atoms with Crippen LogP contribution in [0.4, 0.5) is 0 Å². The van der Waals surface area contributed by atoms with Crippen LogP contribution in [0, 0.1) is 0 Å². The molecule has 0 aliphatic carbocycles. The van der Waals surface area contributed by atoms with E-state index in [9.17, 15) is 4.79 Å². The van der Waals surface area contributed by atoms with E-state index < -0.39 is 0 Å². The lowest BCUT2D eigenvalue weighted by molar-refractivity contribution is 0.0963. The molecule has 0 bridgehead atoms. The highest BCUT2D eigenvalue weighted by Crippen LogP contribution is 2.28. The summed E-state index contributed by atoms with van der Waals surface area (Å²) in [6.45, 7) is 5.58. The molecule has 1 atom stereocenters. The highest BCUT2D eigenvalue weighted by atomic mass is 16.5. The van der Waals surface area contributed by atoms with Gasteiger partial charge in [-0.3, -0.25) is 9.79 Å². The summed E-state index contributed by atoms with van der Waals surface area (Å²) >= 11 is 0. The Morgan fingerprint density at radius 1 is 1.23 bits per heavy atom. The van der Waals surface area contributed by atoms with Crippen molar-refractivity contribution in [3.05, 3.63) is 65.2 Å². The van der Waals surface area contributed by atoms with E-state index in [2.05, 4.69) is 34.6 Å². The molecule has 2 aromatic rings. The molecule has 1 unspecified atom stereocenters. The molecule has 3 rings (SSSR count). The van der Waals surface area contributed by atoms with Gasteiger partial charge < -0.3 is 20.3 Å². The molecule has 1 aliphatic rings. The number of hydrogen-bond acceptors (Lipinski definition) is 3. The SMILES string of the molecule is CCNC(=NCCc1cccc(C(=O)NC)c1)N1CCC(c2ccc(OC)cc2)C1. The van der Waals surface area contributed by atoms with Crippen LogP contribution in [-0.2, 0) is 6.42 Å². The number of amides is 1. The molecule has 0 aromatic heterocycles. The maximum absolute atomic E-state index is 11.8. The van der Waals surface area contributed by atoms with Gasteiger partial charge in [-0.2, -0.15) is 0 Å². The van der Waals surface area contributed by atoms with E-state index in [4.69, 9.17) is 9.73 Å². The summed E-state index contributed by atoms with van der Waals surface area (Å²) in [6, 6.07) is 16.1. The minimum absolute atomic E-state index is 0.0599. The fraction of sp³-hybridized carbons (Fsp3) is 0.417. The van der Waals surface area contributed by atoms with E-state index >= 15 is 0 Å². The molecule has 2 N–H and O–H groups in total. The molecular formula is C24H32N4O2. The van der Waals surface area contributed by atoms with Crippen LogP contribution in [0.5, 0.6) is 5.75 Å². The van der Waals surface area contributed by atoms with Crippen LogP contribution < -0.4 is 15.4 Å². The Morgan fingerprint density at radius 3 is 2.73 bits per heavy atom. The van der Waals surface area contributed by atoms with E-state index in [1.807, 2.05) is 36.4 Å². The van der Waals surface area contributed by atoms with E-state index in [0.717, 1.165) is 49.7 Å². The summed E-state index contributed by atoms with van der Waals surface area (Å²) in [5.74, 6) is 2.30. The van der Waals surface area contributed by atoms with Crippen LogP contribution in [0.25, 0.3) is 0 Å². The molecular weight excluding hydrogens is 376 g/mol. The second-order valence-corrected chi connectivity index (χ2v) is 7.47. The first-order valence-electron chi connectivity index (χ1n) is 10.6. The third-order valence-electron chi connectivity index (χ3n) is 5.49. The molecule has 160 valence electrons. The van der Waals surface area contributed by atoms with Crippen molar-refractivity contribution in [2.75, 3.05) is 40.3 Å². The summed E-state index contributed by atoms with van der Waals surface area (Å²) in [7, 11) is 3.34. The van der Waals surface area contributed by atoms with Gasteiger partial charge >= 0.3 is 0 Å². The molecule has 1 heterocycles. The van der Waals surface area contributed by atoms with E-state index in [0.29, 0.717) is 18.0 Å². The van der Waals surface area contributed by atoms with Gasteiger partial charge in [-0.25, -0.2) is 0 Å². The lowest BCUT2D eigenvalue weighted by Crippen LogP contribution is -2.40. The molecule has 0 saturated carbocycles. The monoisotopic (exact) mass is 408 g/mol. The van der Waals surface area contributed by atoms with Crippen molar-refractivity contribution < 1.29 is 9.53 Å². The predicted octanol–water partition coefficient (Wildman–Crippen LogP) is 3.05. The number of carbonyl (C=O) groups excluding carboxylic acids is 1. The Labute approximate surface area is 179 Å². The number of nitrogens with one attached hydrogen (secondary N) is 2. The Hall–Kier alpha value is -3.02. The van der Waals surface area contributed by atoms with Crippen molar-refractivity contribution in [2.45, 2.75) is 25.7 Å². The molecule has 1 amide bonds. The van der Waals surface area contributed by atoms with Crippen molar-refractivity contribution in [3.63, 3.8) is 0 Å². The minimum Gasteiger partial charge on any atom is -0.497 e. The zero-order valence-electron chi connectivity index (χ0n) is 18.1. The van der Waals surface area contributed by atoms with Crippen LogP contribution >= 0.6 is 0 Å². The van der Waals surface area contributed by atoms with Gasteiger partial charge in [0, 0.05) is 44.7 Å². The fourth-order valence-corrected chi connectivity index (χ4v) is 3.83. The number of guanidine groups is 1. The zero-order chi connectivity index (χ0) is 21.3. The molecule has 6 heteroatoms. The van der Waals surface area contributed by atoms with Crippen molar-refractivity contribution in [1.82, 2.24) is 15.5 Å². The largest absolute Gasteiger partial charge is 0.497 e. The maximum atomic E-state index is 11.8. The van der Waals surface area contributed by atoms with Crippen LogP contribution in [0.1, 0.15) is 40.7 Å². The van der Waals surface area contributed by atoms with E-state index in [-0.39, 0.29) is 5.91 Å². The number of likely N-dealkylation sites (tertiary alicyclic amines) is 1. The summed E-state index contributed by atoms with van der Waals surface area (Å²) in [4.78, 5) is 19.0. The van der Waals surface area contributed by atoms with Gasteiger partial charge in [0.05, 0.1) is 7.11 Å². The zero-order valence-corrected chi connectivity index (χ0v) is 18.1. The summed E-state index contributed by atoms with van der Waals surface area (Å²) in [5, 5.41) is 6.10. The second kappa shape index (κ2) is 10.7. The predicted molar refractivity (Wildman–Crippen MR) is 121 cm³/mol. The molecule has 1 saturated heterocycles. The number of rotatable bonds is 7. The molecule has 1 fully saturated rings. The van der Waals surface area contributed by atoms with E-state index in [1.54, 1.807) is 14.2 Å². The topological polar surface area (TPSA) is 66.0 Å². The smallest absolute Gasteiger partial charge is 0.251 e. The number of benzene rings is 2. The highest BCUT2D eigenvalue weighted by Gasteiger charge is 2.26. The number of aliphatic imine (C=N–C) groups is 1. The van der Waals surface area contributed by atoms with Gasteiger partial charge in [0.15, 0.2) is 5.96 Å². The van der Waals surface area contributed by atoms with Crippen LogP contribution in [0.2, 0.25) is 0 Å². The molecule has 30 heavy (non-hydrogen) atoms. The average molecular weight is 409 g/mol. The minimum atomic E-state index is -0.0599. The van der Waals surface area contributed by atoms with Crippen LogP contribution in [-0.4, -0.2) is 57.1 Å². The van der Waals surface area contributed by atoms with E-state index in [1.165, 1.54) is 5.56 Å². The molecule has 0 radical (unpaired) electrons. The summed E-state index contributed by atoms with van der Waals surface area (Å²) in [5.41, 5.74) is 3.15. The Morgan fingerprint density at radius 2 is 2.03 bits per heavy atom. The Kier molecular flexibility index (Phi) is 7.71. The second-order valence-electron chi connectivity index (χ2n) is 7.47. The number of carbonyl (C=O) groups is 1. The lowest BCUT2D eigenvalue weighted by atomic mass is 9.98. The summed E-state index contributed by atoms with van der Waals surface area (Å²) < 4.78 is 5.27. The summed E-state index contributed by atoms with van der Waals surface area (Å²) in [6.07, 6.45) is 1.92. The number of nitrogens with zero attached hydrogens (tertiary/aromatic N) is 2. The normalized spacial score (nSPS) is 16.4. The van der Waals surface area contributed by atoms with Crippen molar-refractivity contribution in [3.8, 4) is 5.75 Å². The quantitative estimate of drug-likeness (QED) is 0.546. The first-order valence-corrected chi connectivity index (χ1v) is 10.6. The van der Waals surface area contributed by atoms with Crippen molar-refractivity contribution >= 4 is 11.9 Å². The third-order valence-corrected chi connectivity index (χ3v) is 5.49. The fourth-order valence-electron chi connectivity index (χ4n) is 3.83. The van der Waals surface area contributed by atoms with Gasteiger partial charge in [0.25, 0.3) is 5.91 Å². The third kappa shape index (κ3) is 5.53. The van der Waals surface area contributed by atoms with Gasteiger partial charge in [0.1, 0.15) is 5.75 Å². The van der Waals surface area contributed by atoms with Gasteiger partial charge in [-0.05, 0) is 55.2 Å². The Balaban J connectivity index is 1.61. The average Bonchev–Trinajstić information content (AvgIpc) is 3.28. The first-order chi connectivity index (χ1) is 14.6. The molecule has 0 spiro atoms. The van der Waals surface area contributed by atoms with Crippen molar-refractivity contribution in [2.24, 2.45) is 4.99 Å². The van der Waals surface area contributed by atoms with Gasteiger partial charge in [-0.15, -0.1) is 0 Å². The highest BCUT2D eigenvalue weighted by molar-refractivity contribution is 5.94. The van der Waals surface area contributed by atoms with Gasteiger partial charge in [-0.1, -0.05) is 24.3 Å². The van der Waals surface area contributed by atoms with Crippen LogP contribution in [0.3, 0.4) is 0 Å². The standard InChI is InChI=1S/C24H32N4O2/c1-4-26-24(27-14-12-18-6-5-7-20(16-18)23(29)25-2)28-15-13-21(17-28)19-8-10-22(30-3)11-9-19/h5-11,16,21H,4,12-15,17H2,1-3H3,(H,25,29)(H,26,27).